The van der Waals surface area contributed by atoms with Crippen LogP contribution in [0.3, 0.4) is 0 Å². The quantitative estimate of drug-likeness (QED) is 0.903. The van der Waals surface area contributed by atoms with Gasteiger partial charge < -0.3 is 5.32 Å². The zero-order valence-electron chi connectivity index (χ0n) is 12.4. The fourth-order valence-electron chi connectivity index (χ4n) is 3.12. The van der Waals surface area contributed by atoms with Gasteiger partial charge in [-0.2, -0.15) is 0 Å². The van der Waals surface area contributed by atoms with Gasteiger partial charge in [-0.25, -0.2) is 4.98 Å². The highest BCUT2D eigenvalue weighted by Crippen LogP contribution is 2.33. The van der Waals surface area contributed by atoms with Crippen molar-refractivity contribution in [1.29, 1.82) is 0 Å². The summed E-state index contributed by atoms with van der Waals surface area (Å²) < 4.78 is 0.889. The molecule has 110 valence electrons. The van der Waals surface area contributed by atoms with Crippen molar-refractivity contribution in [1.82, 2.24) is 10.3 Å². The van der Waals surface area contributed by atoms with E-state index in [1.165, 1.54) is 12.8 Å². The van der Waals surface area contributed by atoms with E-state index in [1.807, 2.05) is 6.07 Å². The standard InChI is InChI=1S/C16H23BrN2O/c1-10(2)13-6-4-11(3)8-15(13)19-16(20)14-7-5-12(17)9-18-14/h5,7,9-11,13,15H,4,6,8H2,1-3H3,(H,19,20). The van der Waals surface area contributed by atoms with Gasteiger partial charge in [-0.05, 0) is 58.7 Å². The Bertz CT molecular complexity index is 458. The first-order chi connectivity index (χ1) is 9.47. The fraction of sp³-hybridized carbons (Fsp3) is 0.625. The minimum atomic E-state index is -0.0535. The lowest BCUT2D eigenvalue weighted by atomic mass is 9.74. The number of nitrogens with zero attached hydrogens (tertiary/aromatic N) is 1. The van der Waals surface area contributed by atoms with Crippen molar-refractivity contribution >= 4 is 21.8 Å². The van der Waals surface area contributed by atoms with Gasteiger partial charge in [-0.15, -0.1) is 0 Å². The van der Waals surface area contributed by atoms with Crippen molar-refractivity contribution in [3.63, 3.8) is 0 Å². The Morgan fingerprint density at radius 1 is 1.40 bits per heavy atom. The number of nitrogens with one attached hydrogen (secondary N) is 1. The molecule has 1 aliphatic carbocycles. The third kappa shape index (κ3) is 3.81. The Balaban J connectivity index is 2.05. The summed E-state index contributed by atoms with van der Waals surface area (Å²) in [5.41, 5.74) is 0.494. The van der Waals surface area contributed by atoms with E-state index in [4.69, 9.17) is 0 Å². The van der Waals surface area contributed by atoms with E-state index in [9.17, 15) is 4.79 Å². The molecule has 2 rings (SSSR count). The molecule has 0 bridgehead atoms. The fourth-order valence-corrected chi connectivity index (χ4v) is 3.36. The zero-order valence-corrected chi connectivity index (χ0v) is 14.0. The Hall–Kier alpha value is -0.900. The van der Waals surface area contributed by atoms with Crippen molar-refractivity contribution in [2.75, 3.05) is 0 Å². The number of carbonyl (C=O) groups is 1. The van der Waals surface area contributed by atoms with Crippen LogP contribution in [0, 0.1) is 17.8 Å². The molecule has 4 heteroatoms. The van der Waals surface area contributed by atoms with Crippen LogP contribution in [0.4, 0.5) is 0 Å². The zero-order chi connectivity index (χ0) is 14.7. The molecular formula is C16H23BrN2O. The Labute approximate surface area is 129 Å². The highest BCUT2D eigenvalue weighted by atomic mass is 79.9. The van der Waals surface area contributed by atoms with Crippen LogP contribution in [-0.4, -0.2) is 16.9 Å². The summed E-state index contributed by atoms with van der Waals surface area (Å²) >= 11 is 3.34. The predicted molar refractivity (Wildman–Crippen MR) is 84.5 cm³/mol. The van der Waals surface area contributed by atoms with Crippen molar-refractivity contribution in [2.45, 2.75) is 46.1 Å². The van der Waals surface area contributed by atoms with Crippen LogP contribution in [-0.2, 0) is 0 Å². The molecule has 1 aromatic heterocycles. The molecule has 1 saturated carbocycles. The van der Waals surface area contributed by atoms with E-state index >= 15 is 0 Å². The SMILES string of the molecule is CC1CCC(C(C)C)C(NC(=O)c2ccc(Br)cn2)C1. The van der Waals surface area contributed by atoms with Crippen LogP contribution < -0.4 is 5.32 Å². The van der Waals surface area contributed by atoms with Crippen LogP contribution in [0.1, 0.15) is 50.5 Å². The molecule has 1 fully saturated rings. The second kappa shape index (κ2) is 6.70. The van der Waals surface area contributed by atoms with E-state index in [0.717, 1.165) is 10.9 Å². The minimum Gasteiger partial charge on any atom is -0.348 e. The van der Waals surface area contributed by atoms with Crippen LogP contribution in [0.5, 0.6) is 0 Å². The summed E-state index contributed by atoms with van der Waals surface area (Å²) in [6, 6.07) is 3.89. The van der Waals surface area contributed by atoms with Crippen LogP contribution >= 0.6 is 15.9 Å². The van der Waals surface area contributed by atoms with Crippen LogP contribution in [0.25, 0.3) is 0 Å². The lowest BCUT2D eigenvalue weighted by Gasteiger charge is -2.37. The highest BCUT2D eigenvalue weighted by molar-refractivity contribution is 9.10. The van der Waals surface area contributed by atoms with Gasteiger partial charge in [0.1, 0.15) is 5.69 Å². The van der Waals surface area contributed by atoms with Gasteiger partial charge in [0.05, 0.1) is 0 Å². The molecule has 20 heavy (non-hydrogen) atoms. The Kier molecular flexibility index (Phi) is 5.19. The van der Waals surface area contributed by atoms with Crippen LogP contribution in [0.2, 0.25) is 0 Å². The smallest absolute Gasteiger partial charge is 0.270 e. The molecule has 3 nitrogen and oxygen atoms in total. The predicted octanol–water partition coefficient (Wildman–Crippen LogP) is 4.03. The minimum absolute atomic E-state index is 0.0535. The molecule has 0 aromatic carbocycles. The van der Waals surface area contributed by atoms with Crippen LogP contribution in [0.15, 0.2) is 22.8 Å². The summed E-state index contributed by atoms with van der Waals surface area (Å²) in [4.78, 5) is 16.5. The number of halogens is 1. The topological polar surface area (TPSA) is 42.0 Å². The molecule has 3 unspecified atom stereocenters. The number of pyridine rings is 1. The molecule has 0 aliphatic heterocycles. The summed E-state index contributed by atoms with van der Waals surface area (Å²) in [5, 5.41) is 3.20. The lowest BCUT2D eigenvalue weighted by molar-refractivity contribution is 0.0863. The van der Waals surface area contributed by atoms with E-state index in [1.54, 1.807) is 12.3 Å². The lowest BCUT2D eigenvalue weighted by Crippen LogP contribution is -2.45. The summed E-state index contributed by atoms with van der Waals surface area (Å²) in [5.74, 6) is 1.81. The average Bonchev–Trinajstić information content (AvgIpc) is 2.39. The third-order valence-corrected chi connectivity index (χ3v) is 4.77. The van der Waals surface area contributed by atoms with Gasteiger partial charge in [0, 0.05) is 16.7 Å². The van der Waals surface area contributed by atoms with Crippen molar-refractivity contribution in [3.8, 4) is 0 Å². The van der Waals surface area contributed by atoms with Gasteiger partial charge in [-0.3, -0.25) is 4.79 Å². The Morgan fingerprint density at radius 2 is 2.15 bits per heavy atom. The van der Waals surface area contributed by atoms with Gasteiger partial charge >= 0.3 is 0 Å². The second-order valence-electron chi connectivity index (χ2n) is 6.27. The first-order valence-corrected chi connectivity index (χ1v) is 8.19. The van der Waals surface area contributed by atoms with E-state index in [-0.39, 0.29) is 11.9 Å². The Morgan fingerprint density at radius 3 is 2.75 bits per heavy atom. The van der Waals surface area contributed by atoms with Gasteiger partial charge in [0.15, 0.2) is 0 Å². The van der Waals surface area contributed by atoms with Crippen molar-refractivity contribution in [3.05, 3.63) is 28.5 Å². The summed E-state index contributed by atoms with van der Waals surface area (Å²) in [6.07, 6.45) is 5.22. The van der Waals surface area contributed by atoms with Crippen molar-refractivity contribution in [2.24, 2.45) is 17.8 Å². The number of amides is 1. The maximum atomic E-state index is 12.3. The molecule has 1 N–H and O–H groups in total. The maximum Gasteiger partial charge on any atom is 0.270 e. The molecule has 1 aliphatic rings. The first-order valence-electron chi connectivity index (χ1n) is 7.39. The largest absolute Gasteiger partial charge is 0.348 e. The number of rotatable bonds is 3. The van der Waals surface area contributed by atoms with Gasteiger partial charge in [-0.1, -0.05) is 27.2 Å². The molecule has 1 aromatic rings. The molecule has 3 atom stereocenters. The molecule has 0 spiro atoms. The van der Waals surface area contributed by atoms with E-state index < -0.39 is 0 Å². The van der Waals surface area contributed by atoms with Crippen molar-refractivity contribution < 1.29 is 4.79 Å². The number of hydrogen-bond donors (Lipinski definition) is 1. The monoisotopic (exact) mass is 338 g/mol. The maximum absolute atomic E-state index is 12.3. The third-order valence-electron chi connectivity index (χ3n) is 4.30. The normalized spacial score (nSPS) is 26.6. The van der Waals surface area contributed by atoms with Gasteiger partial charge in [0.2, 0.25) is 0 Å². The number of carbonyl (C=O) groups excluding carboxylic acids is 1. The number of hydrogen-bond acceptors (Lipinski definition) is 2. The highest BCUT2D eigenvalue weighted by Gasteiger charge is 2.31. The summed E-state index contributed by atoms with van der Waals surface area (Å²) in [6.45, 7) is 6.77. The van der Waals surface area contributed by atoms with Gasteiger partial charge in [0.25, 0.3) is 5.91 Å². The molecule has 0 saturated heterocycles. The molecule has 0 radical (unpaired) electrons. The average molecular weight is 339 g/mol. The first kappa shape index (κ1) is 15.5. The molecule has 1 heterocycles. The van der Waals surface area contributed by atoms with E-state index in [0.29, 0.717) is 23.4 Å². The second-order valence-corrected chi connectivity index (χ2v) is 7.18. The molecular weight excluding hydrogens is 316 g/mol. The summed E-state index contributed by atoms with van der Waals surface area (Å²) in [7, 11) is 0. The number of aromatic nitrogens is 1. The van der Waals surface area contributed by atoms with E-state index in [2.05, 4.69) is 47.0 Å². The molecule has 1 amide bonds.